The molecular weight excluding hydrogens is 276 g/mol. The van der Waals surface area contributed by atoms with E-state index >= 15 is 0 Å². The monoisotopic (exact) mass is 294 g/mol. The van der Waals surface area contributed by atoms with Gasteiger partial charge in [0.2, 0.25) is 11.2 Å². The molecule has 1 aliphatic heterocycles. The van der Waals surface area contributed by atoms with Crippen LogP contribution in [0.25, 0.3) is 11.0 Å². The lowest BCUT2D eigenvalue weighted by Crippen LogP contribution is -2.38. The van der Waals surface area contributed by atoms with Crippen molar-refractivity contribution in [3.8, 4) is 5.88 Å². The molecule has 0 aliphatic carbocycles. The van der Waals surface area contributed by atoms with Gasteiger partial charge in [0.15, 0.2) is 0 Å². The highest BCUT2D eigenvalue weighted by Gasteiger charge is 2.28. The Kier molecular flexibility index (Phi) is 3.56. The molecule has 20 heavy (non-hydrogen) atoms. The average Bonchev–Trinajstić information content (AvgIpc) is 2.94. The van der Waals surface area contributed by atoms with Crippen molar-refractivity contribution in [1.82, 2.24) is 19.9 Å². The second-order valence-electron chi connectivity index (χ2n) is 5.53. The third-order valence-electron chi connectivity index (χ3n) is 3.98. The Morgan fingerprint density at radius 2 is 2.30 bits per heavy atom. The van der Waals surface area contributed by atoms with Crippen molar-refractivity contribution in [3.63, 3.8) is 0 Å². The molecule has 0 bridgehead atoms. The molecule has 108 valence electrons. The van der Waals surface area contributed by atoms with Crippen LogP contribution in [0.5, 0.6) is 5.88 Å². The van der Waals surface area contributed by atoms with Gasteiger partial charge in [-0.25, -0.2) is 0 Å². The lowest BCUT2D eigenvalue weighted by atomic mass is 10.1. The zero-order chi connectivity index (χ0) is 14.3. The summed E-state index contributed by atoms with van der Waals surface area (Å²) >= 11 is 5.97. The second kappa shape index (κ2) is 5.22. The molecule has 2 aromatic rings. The highest BCUT2D eigenvalue weighted by Crippen LogP contribution is 2.28. The Morgan fingerprint density at radius 3 is 3.00 bits per heavy atom. The van der Waals surface area contributed by atoms with Gasteiger partial charge in [0, 0.05) is 11.7 Å². The van der Waals surface area contributed by atoms with E-state index in [1.54, 1.807) is 0 Å². The van der Waals surface area contributed by atoms with Crippen molar-refractivity contribution in [2.45, 2.75) is 38.8 Å². The van der Waals surface area contributed by atoms with Crippen molar-refractivity contribution in [1.29, 1.82) is 0 Å². The number of likely N-dealkylation sites (N-methyl/N-ethyl adjacent to an activating group) is 1. The first-order chi connectivity index (χ1) is 9.54. The summed E-state index contributed by atoms with van der Waals surface area (Å²) in [6.45, 7) is 5.20. The van der Waals surface area contributed by atoms with Gasteiger partial charge < -0.3 is 9.72 Å². The maximum absolute atomic E-state index is 6.08. The van der Waals surface area contributed by atoms with Gasteiger partial charge >= 0.3 is 0 Å². The molecule has 6 heteroatoms. The van der Waals surface area contributed by atoms with E-state index in [1.807, 2.05) is 13.0 Å². The Hall–Kier alpha value is -1.33. The van der Waals surface area contributed by atoms with Crippen LogP contribution in [0, 0.1) is 6.92 Å². The number of likely N-dealkylation sites (tertiary alicyclic amines) is 1. The molecule has 1 fully saturated rings. The zero-order valence-corrected chi connectivity index (χ0v) is 12.7. The lowest BCUT2D eigenvalue weighted by Gasteiger charge is -2.26. The number of H-pyrrole nitrogens is 1. The molecule has 2 atom stereocenters. The number of aryl methyl sites for hydroxylation is 1. The number of fused-ring (bicyclic) bond motifs is 1. The molecule has 0 amide bonds. The normalized spacial score (nSPS) is 21.5. The number of hydrogen-bond donors (Lipinski definition) is 1. The summed E-state index contributed by atoms with van der Waals surface area (Å²) in [5, 5.41) is 1.10. The minimum Gasteiger partial charge on any atom is -0.472 e. The van der Waals surface area contributed by atoms with Gasteiger partial charge in [0.25, 0.3) is 0 Å². The van der Waals surface area contributed by atoms with E-state index in [0.717, 1.165) is 29.7 Å². The Balaban J connectivity index is 1.90. The number of hydrogen-bond acceptors (Lipinski definition) is 4. The third kappa shape index (κ3) is 2.47. The highest BCUT2D eigenvalue weighted by atomic mass is 35.5. The van der Waals surface area contributed by atoms with E-state index in [4.69, 9.17) is 16.3 Å². The van der Waals surface area contributed by atoms with Crippen LogP contribution < -0.4 is 4.74 Å². The first kappa shape index (κ1) is 13.6. The summed E-state index contributed by atoms with van der Waals surface area (Å²) in [5.41, 5.74) is 1.75. The van der Waals surface area contributed by atoms with Crippen molar-refractivity contribution in [2.75, 3.05) is 13.6 Å². The summed E-state index contributed by atoms with van der Waals surface area (Å²) in [6.07, 6.45) is 2.45. The summed E-state index contributed by atoms with van der Waals surface area (Å²) in [6, 6.07) is 2.42. The summed E-state index contributed by atoms with van der Waals surface area (Å²) in [7, 11) is 2.14. The maximum Gasteiger partial charge on any atom is 0.227 e. The number of nitrogens with one attached hydrogen (secondary N) is 1. The predicted octanol–water partition coefficient (Wildman–Crippen LogP) is 2.78. The fraction of sp³-hybridized carbons (Fsp3) is 0.571. The van der Waals surface area contributed by atoms with Gasteiger partial charge in [-0.1, -0.05) is 0 Å². The van der Waals surface area contributed by atoms with E-state index in [-0.39, 0.29) is 11.4 Å². The van der Waals surface area contributed by atoms with Crippen LogP contribution in [0.1, 0.15) is 25.5 Å². The van der Waals surface area contributed by atoms with Gasteiger partial charge in [0.1, 0.15) is 11.8 Å². The zero-order valence-electron chi connectivity index (χ0n) is 12.0. The fourth-order valence-corrected chi connectivity index (χ4v) is 3.12. The van der Waals surface area contributed by atoms with Crippen LogP contribution in [-0.4, -0.2) is 45.6 Å². The molecule has 0 saturated carbocycles. The number of rotatable bonds is 3. The molecule has 0 unspecified atom stereocenters. The molecule has 3 rings (SSSR count). The quantitative estimate of drug-likeness (QED) is 0.885. The maximum atomic E-state index is 6.08. The van der Waals surface area contributed by atoms with Crippen molar-refractivity contribution < 1.29 is 4.74 Å². The van der Waals surface area contributed by atoms with Gasteiger partial charge in [-0.3, -0.25) is 4.90 Å². The molecule has 2 aromatic heterocycles. The molecule has 5 nitrogen and oxygen atoms in total. The first-order valence-corrected chi connectivity index (χ1v) is 7.32. The Labute approximate surface area is 123 Å². The third-order valence-corrected chi connectivity index (χ3v) is 4.15. The molecule has 0 spiro atoms. The van der Waals surface area contributed by atoms with Gasteiger partial charge in [-0.15, -0.1) is 0 Å². The summed E-state index contributed by atoms with van der Waals surface area (Å²) in [4.78, 5) is 13.9. The number of aromatic amines is 1. The SMILES string of the molecule is Cc1cc2c(O[C@@H](C)[C@@H]3CCCN3C)nc(Cl)nc2[nH]1. The van der Waals surface area contributed by atoms with E-state index in [9.17, 15) is 0 Å². The predicted molar refractivity (Wildman–Crippen MR) is 79.4 cm³/mol. The van der Waals surface area contributed by atoms with Gasteiger partial charge in [-0.05, 0) is 57.9 Å². The average molecular weight is 295 g/mol. The van der Waals surface area contributed by atoms with Crippen LogP contribution in [0.15, 0.2) is 6.07 Å². The van der Waals surface area contributed by atoms with Crippen molar-refractivity contribution in [2.24, 2.45) is 0 Å². The van der Waals surface area contributed by atoms with Crippen LogP contribution >= 0.6 is 11.6 Å². The van der Waals surface area contributed by atoms with Crippen molar-refractivity contribution in [3.05, 3.63) is 17.0 Å². The minimum absolute atomic E-state index is 0.0758. The second-order valence-corrected chi connectivity index (χ2v) is 5.86. The van der Waals surface area contributed by atoms with E-state index < -0.39 is 0 Å². The first-order valence-electron chi connectivity index (χ1n) is 6.94. The van der Waals surface area contributed by atoms with Gasteiger partial charge in [0.05, 0.1) is 5.39 Å². The van der Waals surface area contributed by atoms with Crippen LogP contribution in [0.2, 0.25) is 5.28 Å². The van der Waals surface area contributed by atoms with Crippen LogP contribution in [0.4, 0.5) is 0 Å². The van der Waals surface area contributed by atoms with Gasteiger partial charge in [-0.2, -0.15) is 9.97 Å². The smallest absolute Gasteiger partial charge is 0.227 e. The van der Waals surface area contributed by atoms with Crippen LogP contribution in [0.3, 0.4) is 0 Å². The number of ether oxygens (including phenoxy) is 1. The number of nitrogens with zero attached hydrogens (tertiary/aromatic N) is 3. The Bertz CT molecular complexity index is 627. The summed E-state index contributed by atoms with van der Waals surface area (Å²) < 4.78 is 6.08. The molecule has 0 radical (unpaired) electrons. The topological polar surface area (TPSA) is 54.0 Å². The molecule has 3 heterocycles. The molecule has 1 saturated heterocycles. The molecule has 1 aliphatic rings. The minimum atomic E-state index is 0.0758. The number of aromatic nitrogens is 3. The largest absolute Gasteiger partial charge is 0.472 e. The van der Waals surface area contributed by atoms with Crippen LogP contribution in [-0.2, 0) is 0 Å². The lowest BCUT2D eigenvalue weighted by molar-refractivity contribution is 0.118. The summed E-state index contributed by atoms with van der Waals surface area (Å²) in [5.74, 6) is 0.567. The van der Waals surface area contributed by atoms with E-state index in [2.05, 4.69) is 33.8 Å². The van der Waals surface area contributed by atoms with Crippen molar-refractivity contribution >= 4 is 22.6 Å². The highest BCUT2D eigenvalue weighted by molar-refractivity contribution is 6.28. The van der Waals surface area contributed by atoms with E-state index in [0.29, 0.717) is 11.9 Å². The Morgan fingerprint density at radius 1 is 1.50 bits per heavy atom. The molecule has 1 N–H and O–H groups in total. The fourth-order valence-electron chi connectivity index (χ4n) is 2.96. The molecular formula is C14H19ClN4O. The molecule has 0 aromatic carbocycles. The van der Waals surface area contributed by atoms with E-state index in [1.165, 1.54) is 6.42 Å². The standard InChI is InChI=1S/C14H19ClN4O/c1-8-7-10-12(16-8)17-14(15)18-13(10)20-9(2)11-5-4-6-19(11)3/h7,9,11H,4-6H2,1-3H3,(H,16,17,18)/t9-,11-/m0/s1. The number of halogens is 1.